The summed E-state index contributed by atoms with van der Waals surface area (Å²) in [6, 6.07) is 17.6. The molecule has 32 heavy (non-hydrogen) atoms. The lowest BCUT2D eigenvalue weighted by atomic mass is 10.1. The van der Waals surface area contributed by atoms with Crippen LogP contribution >= 0.6 is 0 Å². The number of carbonyl (C=O) groups is 1. The van der Waals surface area contributed by atoms with Crippen LogP contribution in [0.15, 0.2) is 73.1 Å². The lowest BCUT2D eigenvalue weighted by Gasteiger charge is -2.09. The third kappa shape index (κ3) is 4.75. The number of hydrogen-bond acceptors (Lipinski definition) is 6. The van der Waals surface area contributed by atoms with Gasteiger partial charge in [-0.25, -0.2) is 9.78 Å². The smallest absolute Gasteiger partial charge is 0.338 e. The second kappa shape index (κ2) is 8.89. The zero-order valence-electron chi connectivity index (χ0n) is 17.6. The molecule has 0 aliphatic heterocycles. The molecule has 8 heteroatoms. The Balaban J connectivity index is 1.40. The molecular weight excluding hydrogens is 410 g/mol. The van der Waals surface area contributed by atoms with Crippen molar-refractivity contribution >= 4 is 17.3 Å². The predicted molar refractivity (Wildman–Crippen MR) is 119 cm³/mol. The Bertz CT molecular complexity index is 1260. The molecule has 2 heterocycles. The monoisotopic (exact) mass is 431 g/mol. The predicted octanol–water partition coefficient (Wildman–Crippen LogP) is 5.05. The highest BCUT2D eigenvalue weighted by Gasteiger charge is 2.11. The van der Waals surface area contributed by atoms with Gasteiger partial charge in [-0.1, -0.05) is 12.1 Å². The van der Waals surface area contributed by atoms with Crippen molar-refractivity contribution in [2.24, 2.45) is 0 Å². The van der Waals surface area contributed by atoms with E-state index in [0.29, 0.717) is 29.3 Å². The molecule has 8 nitrogen and oxygen atoms in total. The zero-order chi connectivity index (χ0) is 22.7. The molecule has 2 aromatic heterocycles. The highest BCUT2D eigenvalue weighted by Crippen LogP contribution is 2.24. The summed E-state index contributed by atoms with van der Waals surface area (Å²) in [6.45, 7) is 3.98. The number of rotatable bonds is 7. The normalized spacial score (nSPS) is 11.0. The molecule has 0 saturated heterocycles. The lowest BCUT2D eigenvalue weighted by Crippen LogP contribution is -2.11. The third-order valence-electron chi connectivity index (χ3n) is 4.73. The second-order valence-corrected chi connectivity index (χ2v) is 7.50. The van der Waals surface area contributed by atoms with Crippen LogP contribution in [0.3, 0.4) is 0 Å². The zero-order valence-corrected chi connectivity index (χ0v) is 17.6. The summed E-state index contributed by atoms with van der Waals surface area (Å²) in [7, 11) is 0. The summed E-state index contributed by atoms with van der Waals surface area (Å²) in [5.41, 5.74) is 3.65. The number of aromatic nitrogens is 2. The number of benzene rings is 2. The van der Waals surface area contributed by atoms with Crippen LogP contribution in [0.25, 0.3) is 16.9 Å². The number of imidazole rings is 1. The van der Waals surface area contributed by atoms with E-state index in [4.69, 9.17) is 9.47 Å². The van der Waals surface area contributed by atoms with E-state index in [0.717, 1.165) is 11.1 Å². The van der Waals surface area contributed by atoms with E-state index in [1.165, 1.54) is 12.3 Å². The van der Waals surface area contributed by atoms with Gasteiger partial charge in [0.1, 0.15) is 18.0 Å². The Hall–Kier alpha value is -4.20. The van der Waals surface area contributed by atoms with Gasteiger partial charge in [0.15, 0.2) is 0 Å². The molecule has 4 rings (SSSR count). The first-order valence-corrected chi connectivity index (χ1v) is 10.1. The molecule has 2 aromatic carbocycles. The van der Waals surface area contributed by atoms with Crippen molar-refractivity contribution in [1.29, 1.82) is 0 Å². The Morgan fingerprint density at radius 3 is 2.41 bits per heavy atom. The van der Waals surface area contributed by atoms with E-state index >= 15 is 0 Å². The maximum Gasteiger partial charge on any atom is 0.338 e. The number of ether oxygens (including phenoxy) is 2. The van der Waals surface area contributed by atoms with Crippen LogP contribution in [0.5, 0.6) is 5.75 Å². The summed E-state index contributed by atoms with van der Waals surface area (Å²) in [5, 5.41) is 10.9. The molecule has 0 aliphatic carbocycles. The quantitative estimate of drug-likeness (QED) is 0.231. The van der Waals surface area contributed by atoms with E-state index < -0.39 is 4.92 Å². The highest BCUT2D eigenvalue weighted by atomic mass is 16.6. The lowest BCUT2D eigenvalue weighted by molar-refractivity contribution is -0.385. The fourth-order valence-electron chi connectivity index (χ4n) is 3.13. The Morgan fingerprint density at radius 1 is 1.03 bits per heavy atom. The van der Waals surface area contributed by atoms with Crippen molar-refractivity contribution in [2.45, 2.75) is 26.6 Å². The van der Waals surface area contributed by atoms with Crippen LogP contribution in [0.2, 0.25) is 0 Å². The van der Waals surface area contributed by atoms with E-state index in [-0.39, 0.29) is 17.8 Å². The van der Waals surface area contributed by atoms with Gasteiger partial charge in [-0.05, 0) is 61.9 Å². The number of esters is 1. The SMILES string of the molecule is CC(C)OC(=O)c1ccc(COc2ccc(-c3cn4cc([N+](=O)[O-])ccc4n3)cc2)cc1. The van der Waals surface area contributed by atoms with E-state index in [9.17, 15) is 14.9 Å². The van der Waals surface area contributed by atoms with Crippen molar-refractivity contribution in [1.82, 2.24) is 9.38 Å². The number of fused-ring (bicyclic) bond motifs is 1. The average molecular weight is 431 g/mol. The second-order valence-electron chi connectivity index (χ2n) is 7.50. The first-order valence-electron chi connectivity index (χ1n) is 10.1. The maximum atomic E-state index is 11.9. The van der Waals surface area contributed by atoms with Crippen LogP contribution in [-0.4, -0.2) is 26.4 Å². The summed E-state index contributed by atoms with van der Waals surface area (Å²) in [4.78, 5) is 26.9. The summed E-state index contributed by atoms with van der Waals surface area (Å²) in [5.74, 6) is 0.348. The molecule has 0 atom stereocenters. The van der Waals surface area contributed by atoms with Gasteiger partial charge in [0.2, 0.25) is 0 Å². The maximum absolute atomic E-state index is 11.9. The third-order valence-corrected chi connectivity index (χ3v) is 4.73. The van der Waals surface area contributed by atoms with E-state index in [1.54, 1.807) is 28.8 Å². The van der Waals surface area contributed by atoms with E-state index in [2.05, 4.69) is 4.98 Å². The molecule has 0 radical (unpaired) electrons. The number of pyridine rings is 1. The molecule has 0 amide bonds. The van der Waals surface area contributed by atoms with Gasteiger partial charge in [-0.15, -0.1) is 0 Å². The molecule has 0 aliphatic rings. The summed E-state index contributed by atoms with van der Waals surface area (Å²) < 4.78 is 12.7. The van der Waals surface area contributed by atoms with Gasteiger partial charge in [-0.2, -0.15) is 0 Å². The molecule has 162 valence electrons. The van der Waals surface area contributed by atoms with Gasteiger partial charge < -0.3 is 9.47 Å². The fourth-order valence-corrected chi connectivity index (χ4v) is 3.13. The van der Waals surface area contributed by atoms with Crippen LogP contribution in [0.1, 0.15) is 29.8 Å². The Morgan fingerprint density at radius 2 is 1.75 bits per heavy atom. The average Bonchev–Trinajstić information content (AvgIpc) is 3.21. The van der Waals surface area contributed by atoms with Gasteiger partial charge >= 0.3 is 5.97 Å². The molecule has 0 bridgehead atoms. The van der Waals surface area contributed by atoms with Gasteiger partial charge in [0.25, 0.3) is 5.69 Å². The van der Waals surface area contributed by atoms with Crippen LogP contribution < -0.4 is 4.74 Å². The largest absolute Gasteiger partial charge is 0.489 e. The summed E-state index contributed by atoms with van der Waals surface area (Å²) >= 11 is 0. The fraction of sp³-hybridized carbons (Fsp3) is 0.167. The Kier molecular flexibility index (Phi) is 5.85. The summed E-state index contributed by atoms with van der Waals surface area (Å²) in [6.07, 6.45) is 3.04. The van der Waals surface area contributed by atoms with Crippen molar-refractivity contribution < 1.29 is 19.2 Å². The molecular formula is C24H21N3O5. The Labute approximate surface area is 184 Å². The minimum absolute atomic E-state index is 0.00930. The molecule has 4 aromatic rings. The van der Waals surface area contributed by atoms with Crippen LogP contribution in [0, 0.1) is 10.1 Å². The standard InChI is InChI=1S/C24H21N3O5/c1-16(2)32-24(28)19-5-3-17(4-6-19)15-31-21-10-7-18(8-11-21)22-14-26-13-20(27(29)30)9-12-23(26)25-22/h3-14,16H,15H2,1-2H3. The minimum atomic E-state index is -0.434. The van der Waals surface area contributed by atoms with Crippen molar-refractivity contribution in [3.63, 3.8) is 0 Å². The van der Waals surface area contributed by atoms with E-state index in [1.807, 2.05) is 50.2 Å². The van der Waals surface area contributed by atoms with Crippen LogP contribution in [-0.2, 0) is 11.3 Å². The number of nitro groups is 1. The van der Waals surface area contributed by atoms with Crippen LogP contribution in [0.4, 0.5) is 5.69 Å². The first-order chi connectivity index (χ1) is 15.4. The molecule has 0 spiro atoms. The molecule has 0 unspecified atom stereocenters. The minimum Gasteiger partial charge on any atom is -0.489 e. The first kappa shape index (κ1) is 21.0. The molecule has 0 fully saturated rings. The van der Waals surface area contributed by atoms with Gasteiger partial charge in [0, 0.05) is 17.8 Å². The number of carbonyl (C=O) groups excluding carboxylic acids is 1. The number of hydrogen-bond donors (Lipinski definition) is 0. The topological polar surface area (TPSA) is 96.0 Å². The van der Waals surface area contributed by atoms with Crippen molar-refractivity contribution in [3.05, 3.63) is 94.3 Å². The number of nitrogens with zero attached hydrogens (tertiary/aromatic N) is 3. The highest BCUT2D eigenvalue weighted by molar-refractivity contribution is 5.89. The van der Waals surface area contributed by atoms with Gasteiger partial charge in [-0.3, -0.25) is 14.5 Å². The van der Waals surface area contributed by atoms with Crippen molar-refractivity contribution in [2.75, 3.05) is 0 Å². The molecule has 0 saturated carbocycles. The van der Waals surface area contributed by atoms with Crippen molar-refractivity contribution in [3.8, 4) is 17.0 Å². The van der Waals surface area contributed by atoms with Gasteiger partial charge in [0.05, 0.1) is 28.5 Å². The molecule has 0 N–H and O–H groups in total.